The van der Waals surface area contributed by atoms with Crippen molar-refractivity contribution in [3.05, 3.63) is 24.3 Å². The van der Waals surface area contributed by atoms with E-state index < -0.39 is 11.6 Å². The van der Waals surface area contributed by atoms with Gasteiger partial charge in [0, 0.05) is 6.07 Å². The molecule has 0 bridgehead atoms. The molecule has 2 nitrogen and oxygen atoms in total. The van der Waals surface area contributed by atoms with Crippen LogP contribution in [0.5, 0.6) is 5.75 Å². The van der Waals surface area contributed by atoms with Gasteiger partial charge >= 0.3 is 0 Å². The third-order valence-electron chi connectivity index (χ3n) is 0.698. The Labute approximate surface area is 45.6 Å². The number of aromatic nitrogens is 1. The molecule has 0 spiro atoms. The first-order valence-electron chi connectivity index (χ1n) is 2.01. The second-order valence-corrected chi connectivity index (χ2v) is 1.26. The maximum atomic E-state index is 12.0. The van der Waals surface area contributed by atoms with Crippen LogP contribution in [0.15, 0.2) is 12.3 Å². The quantitative estimate of drug-likeness (QED) is 0.536. The molecule has 1 rings (SSSR count). The molecule has 1 N–H and O–H groups in total. The molecule has 8 heavy (non-hydrogen) atoms. The number of halogens is 1. The summed E-state index contributed by atoms with van der Waals surface area (Å²) in [5.74, 6) is -1.14. The standard InChI is InChI=1S/C5H3FNO/c6-4-3-7-2-1-5(4)8/h1,3H,(H,7,8). The van der Waals surface area contributed by atoms with Gasteiger partial charge in [-0.25, -0.2) is 4.39 Å². The van der Waals surface area contributed by atoms with Crippen molar-refractivity contribution in [1.29, 1.82) is 0 Å². The summed E-state index contributed by atoms with van der Waals surface area (Å²) in [4.78, 5) is 3.29. The molecule has 41 valence electrons. The summed E-state index contributed by atoms with van der Waals surface area (Å²) in [5.41, 5.74) is 0. The van der Waals surface area contributed by atoms with Crippen molar-refractivity contribution < 1.29 is 9.50 Å². The van der Waals surface area contributed by atoms with Gasteiger partial charge in [-0.2, -0.15) is 0 Å². The van der Waals surface area contributed by atoms with Crippen LogP contribution in [-0.2, 0) is 0 Å². The smallest absolute Gasteiger partial charge is 0.183 e. The fourth-order valence-electron chi connectivity index (χ4n) is 0.327. The molecule has 0 amide bonds. The van der Waals surface area contributed by atoms with Crippen molar-refractivity contribution in [3.8, 4) is 5.75 Å². The Morgan fingerprint density at radius 3 is 2.88 bits per heavy atom. The van der Waals surface area contributed by atoms with Crippen LogP contribution in [0.1, 0.15) is 0 Å². The third-order valence-corrected chi connectivity index (χ3v) is 0.698. The Morgan fingerprint density at radius 2 is 2.50 bits per heavy atom. The van der Waals surface area contributed by atoms with Gasteiger partial charge in [-0.3, -0.25) is 4.98 Å². The molecule has 0 aliphatic rings. The highest BCUT2D eigenvalue weighted by atomic mass is 19.1. The molecule has 0 aliphatic carbocycles. The maximum absolute atomic E-state index is 12.0. The minimum Gasteiger partial charge on any atom is -0.505 e. The predicted molar refractivity (Wildman–Crippen MR) is 24.7 cm³/mol. The SMILES string of the molecule is Oc1c[c]ncc1F. The van der Waals surface area contributed by atoms with Crippen LogP contribution in [0.2, 0.25) is 0 Å². The van der Waals surface area contributed by atoms with E-state index in [0.717, 1.165) is 12.3 Å². The molecule has 0 aromatic carbocycles. The zero-order valence-electron chi connectivity index (χ0n) is 3.93. The summed E-state index contributed by atoms with van der Waals surface area (Å²) in [5, 5.41) is 8.47. The van der Waals surface area contributed by atoms with Crippen LogP contribution in [0.25, 0.3) is 0 Å². The Balaban J connectivity index is 3.13. The number of hydrogen-bond acceptors (Lipinski definition) is 2. The molecule has 1 radical (unpaired) electrons. The van der Waals surface area contributed by atoms with Gasteiger partial charge in [0.2, 0.25) is 0 Å². The molecule has 0 aliphatic heterocycles. The topological polar surface area (TPSA) is 33.1 Å². The second-order valence-electron chi connectivity index (χ2n) is 1.26. The Morgan fingerprint density at radius 1 is 1.75 bits per heavy atom. The largest absolute Gasteiger partial charge is 0.505 e. The highest BCUT2D eigenvalue weighted by molar-refractivity contribution is 5.16. The number of hydrogen-bond donors (Lipinski definition) is 1. The number of rotatable bonds is 0. The fraction of sp³-hybridized carbons (Fsp3) is 0. The minimum atomic E-state index is -0.719. The zero-order valence-corrected chi connectivity index (χ0v) is 3.93. The van der Waals surface area contributed by atoms with Crippen molar-refractivity contribution in [2.45, 2.75) is 0 Å². The van der Waals surface area contributed by atoms with Crippen LogP contribution in [0.4, 0.5) is 4.39 Å². The second kappa shape index (κ2) is 1.78. The molecule has 0 atom stereocenters. The number of nitrogens with zero attached hydrogens (tertiary/aromatic N) is 1. The van der Waals surface area contributed by atoms with Gasteiger partial charge in [0.25, 0.3) is 0 Å². The van der Waals surface area contributed by atoms with E-state index in [-0.39, 0.29) is 0 Å². The fourth-order valence-corrected chi connectivity index (χ4v) is 0.327. The van der Waals surface area contributed by atoms with E-state index in [1.807, 2.05) is 0 Å². The molecule has 1 aromatic rings. The zero-order chi connectivity index (χ0) is 5.98. The van der Waals surface area contributed by atoms with E-state index in [4.69, 9.17) is 5.11 Å². The van der Waals surface area contributed by atoms with Crippen LogP contribution in [-0.4, -0.2) is 10.1 Å². The van der Waals surface area contributed by atoms with Gasteiger partial charge in [-0.05, 0) is 0 Å². The lowest BCUT2D eigenvalue weighted by molar-refractivity contribution is 0.430. The number of pyridine rings is 1. The molecular weight excluding hydrogens is 109 g/mol. The van der Waals surface area contributed by atoms with Gasteiger partial charge in [0.15, 0.2) is 11.6 Å². The first kappa shape index (κ1) is 5.03. The molecule has 0 saturated carbocycles. The third kappa shape index (κ3) is 0.753. The van der Waals surface area contributed by atoms with Gasteiger partial charge in [0.1, 0.15) is 0 Å². The van der Waals surface area contributed by atoms with E-state index in [1.165, 1.54) is 0 Å². The van der Waals surface area contributed by atoms with Gasteiger partial charge < -0.3 is 5.11 Å². The summed E-state index contributed by atoms with van der Waals surface area (Å²) in [6.07, 6.45) is 3.16. The van der Waals surface area contributed by atoms with Gasteiger partial charge in [0.05, 0.1) is 12.4 Å². The average molecular weight is 112 g/mol. The van der Waals surface area contributed by atoms with Crippen molar-refractivity contribution in [2.24, 2.45) is 0 Å². The molecule has 0 saturated heterocycles. The van der Waals surface area contributed by atoms with E-state index in [1.54, 1.807) is 0 Å². The first-order chi connectivity index (χ1) is 3.80. The van der Waals surface area contributed by atoms with Crippen LogP contribution in [0.3, 0.4) is 0 Å². The first-order valence-corrected chi connectivity index (χ1v) is 2.01. The van der Waals surface area contributed by atoms with Crippen molar-refractivity contribution in [2.75, 3.05) is 0 Å². The lowest BCUT2D eigenvalue weighted by Crippen LogP contribution is -1.75. The van der Waals surface area contributed by atoms with Gasteiger partial charge in [-0.15, -0.1) is 0 Å². The Bertz CT molecular complexity index is 169. The van der Waals surface area contributed by atoms with Crippen molar-refractivity contribution in [1.82, 2.24) is 4.98 Å². The highest BCUT2D eigenvalue weighted by Gasteiger charge is 1.93. The molecule has 3 heteroatoms. The lowest BCUT2D eigenvalue weighted by atomic mass is 10.4. The Hall–Kier alpha value is -1.12. The summed E-state index contributed by atoms with van der Waals surface area (Å²) in [7, 11) is 0. The molecule has 0 unspecified atom stereocenters. The van der Waals surface area contributed by atoms with E-state index in [9.17, 15) is 4.39 Å². The summed E-state index contributed by atoms with van der Waals surface area (Å²) in [6.45, 7) is 0. The Kier molecular flexibility index (Phi) is 1.12. The molecule has 1 heterocycles. The van der Waals surface area contributed by atoms with Crippen LogP contribution in [0, 0.1) is 12.0 Å². The van der Waals surface area contributed by atoms with Crippen molar-refractivity contribution in [3.63, 3.8) is 0 Å². The minimum absolute atomic E-state index is 0.417. The van der Waals surface area contributed by atoms with E-state index >= 15 is 0 Å². The average Bonchev–Trinajstić information content (AvgIpc) is 1.77. The summed E-state index contributed by atoms with van der Waals surface area (Å²) >= 11 is 0. The van der Waals surface area contributed by atoms with Crippen LogP contribution >= 0.6 is 0 Å². The van der Waals surface area contributed by atoms with Gasteiger partial charge in [-0.1, -0.05) is 0 Å². The molecule has 0 fully saturated rings. The maximum Gasteiger partial charge on any atom is 0.183 e. The lowest BCUT2D eigenvalue weighted by Gasteiger charge is -1.87. The predicted octanol–water partition coefficient (Wildman–Crippen LogP) is 0.726. The normalized spacial score (nSPS) is 9.12. The summed E-state index contributed by atoms with van der Waals surface area (Å²) in [6, 6.07) is 1.06. The van der Waals surface area contributed by atoms with Crippen molar-refractivity contribution >= 4 is 0 Å². The van der Waals surface area contributed by atoms with Crippen LogP contribution < -0.4 is 0 Å². The number of aromatic hydroxyl groups is 1. The monoisotopic (exact) mass is 112 g/mol. The summed E-state index contributed by atoms with van der Waals surface area (Å²) < 4.78 is 12.0. The van der Waals surface area contributed by atoms with E-state index in [0.29, 0.717) is 0 Å². The molecular formula is C5H3FNO. The van der Waals surface area contributed by atoms with E-state index in [2.05, 4.69) is 11.2 Å². The molecule has 1 aromatic heterocycles. The highest BCUT2D eigenvalue weighted by Crippen LogP contribution is 2.09.